The van der Waals surface area contributed by atoms with Crippen molar-refractivity contribution < 1.29 is 9.53 Å². The fourth-order valence-corrected chi connectivity index (χ4v) is 3.12. The molecule has 1 aliphatic rings. The van der Waals surface area contributed by atoms with Gasteiger partial charge in [0.1, 0.15) is 5.75 Å². The number of carbonyl (C=O) groups excluding carboxylic acids is 1. The summed E-state index contributed by atoms with van der Waals surface area (Å²) in [6.45, 7) is 2.38. The van der Waals surface area contributed by atoms with Gasteiger partial charge in [0.2, 0.25) is 5.91 Å². The Labute approximate surface area is 149 Å². The summed E-state index contributed by atoms with van der Waals surface area (Å²) in [5.41, 5.74) is 2.91. The zero-order valence-electron chi connectivity index (χ0n) is 14.6. The topological polar surface area (TPSA) is 53.6 Å². The Morgan fingerprint density at radius 2 is 1.88 bits per heavy atom. The molecule has 3 rings (SSSR count). The van der Waals surface area contributed by atoms with Crippen LogP contribution in [0.3, 0.4) is 0 Å². The standard InChI is InChI=1S/C20H25N3O2/c1-25-17-9-7-8-16(14-17)22-20(24)15-21-18-10-3-4-11-19(18)23-12-5-2-6-13-23/h3-4,7-11,14,21H,2,5-6,12-13,15H2,1H3,(H,22,24). The normalized spacial score (nSPS) is 14.0. The minimum Gasteiger partial charge on any atom is -0.497 e. The first kappa shape index (κ1) is 17.1. The van der Waals surface area contributed by atoms with E-state index in [1.807, 2.05) is 36.4 Å². The molecule has 0 aliphatic carbocycles. The average molecular weight is 339 g/mol. The van der Waals surface area contributed by atoms with E-state index in [4.69, 9.17) is 4.74 Å². The Balaban J connectivity index is 1.60. The van der Waals surface area contributed by atoms with Gasteiger partial charge in [-0.3, -0.25) is 4.79 Å². The van der Waals surface area contributed by atoms with Gasteiger partial charge in [0.15, 0.2) is 0 Å². The number of amides is 1. The van der Waals surface area contributed by atoms with Gasteiger partial charge in [-0.2, -0.15) is 0 Å². The van der Waals surface area contributed by atoms with Crippen LogP contribution in [0.4, 0.5) is 17.1 Å². The van der Waals surface area contributed by atoms with E-state index in [2.05, 4.69) is 21.6 Å². The molecule has 2 N–H and O–H groups in total. The molecule has 0 radical (unpaired) electrons. The molecule has 132 valence electrons. The predicted octanol–water partition coefficient (Wildman–Crippen LogP) is 3.74. The van der Waals surface area contributed by atoms with Gasteiger partial charge in [-0.1, -0.05) is 18.2 Å². The van der Waals surface area contributed by atoms with E-state index in [1.54, 1.807) is 13.2 Å². The van der Waals surface area contributed by atoms with Gasteiger partial charge in [0.05, 0.1) is 25.0 Å². The van der Waals surface area contributed by atoms with Gasteiger partial charge >= 0.3 is 0 Å². The number of ether oxygens (including phenoxy) is 1. The van der Waals surface area contributed by atoms with Crippen LogP contribution in [0.25, 0.3) is 0 Å². The minimum atomic E-state index is -0.0818. The lowest BCUT2D eigenvalue weighted by Crippen LogP contribution is -2.30. The second-order valence-corrected chi connectivity index (χ2v) is 6.20. The lowest BCUT2D eigenvalue weighted by Gasteiger charge is -2.30. The first-order chi connectivity index (χ1) is 12.3. The van der Waals surface area contributed by atoms with Crippen LogP contribution < -0.4 is 20.3 Å². The van der Waals surface area contributed by atoms with E-state index in [0.29, 0.717) is 0 Å². The molecule has 0 aromatic heterocycles. The zero-order chi connectivity index (χ0) is 17.5. The van der Waals surface area contributed by atoms with Gasteiger partial charge < -0.3 is 20.3 Å². The molecule has 1 heterocycles. The highest BCUT2D eigenvalue weighted by molar-refractivity contribution is 5.94. The Bertz CT molecular complexity index is 712. The molecule has 1 fully saturated rings. The van der Waals surface area contributed by atoms with Crippen molar-refractivity contribution in [2.45, 2.75) is 19.3 Å². The minimum absolute atomic E-state index is 0.0818. The maximum Gasteiger partial charge on any atom is 0.243 e. The third-order valence-corrected chi connectivity index (χ3v) is 4.39. The molecule has 1 amide bonds. The first-order valence-electron chi connectivity index (χ1n) is 8.78. The smallest absolute Gasteiger partial charge is 0.243 e. The van der Waals surface area contributed by atoms with Crippen molar-refractivity contribution >= 4 is 23.0 Å². The van der Waals surface area contributed by atoms with E-state index in [9.17, 15) is 4.79 Å². The van der Waals surface area contributed by atoms with Crippen molar-refractivity contribution in [3.63, 3.8) is 0 Å². The predicted molar refractivity (Wildman–Crippen MR) is 103 cm³/mol. The molecule has 0 saturated carbocycles. The van der Waals surface area contributed by atoms with Gasteiger partial charge in [0, 0.05) is 24.8 Å². The number of piperidine rings is 1. The summed E-state index contributed by atoms with van der Waals surface area (Å²) in [7, 11) is 1.61. The maximum absolute atomic E-state index is 12.2. The number of anilines is 3. The van der Waals surface area contributed by atoms with E-state index in [0.717, 1.165) is 30.2 Å². The molecular weight excluding hydrogens is 314 g/mol. The second kappa shape index (κ2) is 8.42. The number of rotatable bonds is 6. The van der Waals surface area contributed by atoms with Crippen LogP contribution in [0.15, 0.2) is 48.5 Å². The van der Waals surface area contributed by atoms with Crippen LogP contribution in [0, 0.1) is 0 Å². The molecule has 25 heavy (non-hydrogen) atoms. The van der Waals surface area contributed by atoms with Crippen LogP contribution in [0.2, 0.25) is 0 Å². The number of para-hydroxylation sites is 2. The molecule has 0 atom stereocenters. The van der Waals surface area contributed by atoms with Crippen molar-refractivity contribution in [2.24, 2.45) is 0 Å². The number of nitrogens with zero attached hydrogens (tertiary/aromatic N) is 1. The van der Waals surface area contributed by atoms with E-state index in [1.165, 1.54) is 24.9 Å². The Kier molecular flexibility index (Phi) is 5.77. The van der Waals surface area contributed by atoms with Gasteiger partial charge in [-0.25, -0.2) is 0 Å². The van der Waals surface area contributed by atoms with Crippen LogP contribution >= 0.6 is 0 Å². The van der Waals surface area contributed by atoms with Gasteiger partial charge in [-0.05, 0) is 43.5 Å². The van der Waals surface area contributed by atoms with E-state index >= 15 is 0 Å². The fraction of sp³-hybridized carbons (Fsp3) is 0.350. The maximum atomic E-state index is 12.2. The highest BCUT2D eigenvalue weighted by Crippen LogP contribution is 2.28. The lowest BCUT2D eigenvalue weighted by molar-refractivity contribution is -0.114. The lowest BCUT2D eigenvalue weighted by atomic mass is 10.1. The summed E-state index contributed by atoms with van der Waals surface area (Å²) < 4.78 is 5.18. The van der Waals surface area contributed by atoms with E-state index < -0.39 is 0 Å². The Morgan fingerprint density at radius 3 is 2.68 bits per heavy atom. The van der Waals surface area contributed by atoms with Crippen LogP contribution in [-0.2, 0) is 4.79 Å². The third-order valence-electron chi connectivity index (χ3n) is 4.39. The van der Waals surface area contributed by atoms with Gasteiger partial charge in [0.25, 0.3) is 0 Å². The Morgan fingerprint density at radius 1 is 1.08 bits per heavy atom. The molecule has 0 unspecified atom stereocenters. The average Bonchev–Trinajstić information content (AvgIpc) is 2.67. The number of nitrogens with one attached hydrogen (secondary N) is 2. The molecule has 0 spiro atoms. The fourth-order valence-electron chi connectivity index (χ4n) is 3.12. The summed E-state index contributed by atoms with van der Waals surface area (Å²) in [6.07, 6.45) is 3.75. The number of benzene rings is 2. The molecule has 2 aromatic rings. The largest absolute Gasteiger partial charge is 0.497 e. The van der Waals surface area contributed by atoms with Crippen LogP contribution in [-0.4, -0.2) is 32.7 Å². The van der Waals surface area contributed by atoms with Crippen LogP contribution in [0.5, 0.6) is 5.75 Å². The monoisotopic (exact) mass is 339 g/mol. The van der Waals surface area contributed by atoms with Crippen molar-refractivity contribution in [2.75, 3.05) is 42.3 Å². The molecular formula is C20H25N3O2. The summed E-state index contributed by atoms with van der Waals surface area (Å²) in [5.74, 6) is 0.642. The highest BCUT2D eigenvalue weighted by atomic mass is 16.5. The molecule has 1 saturated heterocycles. The van der Waals surface area contributed by atoms with Crippen molar-refractivity contribution in [1.29, 1.82) is 0 Å². The summed E-state index contributed by atoms with van der Waals surface area (Å²) in [6, 6.07) is 15.6. The van der Waals surface area contributed by atoms with Crippen molar-refractivity contribution in [3.05, 3.63) is 48.5 Å². The molecule has 2 aromatic carbocycles. The molecule has 5 heteroatoms. The number of carbonyl (C=O) groups is 1. The van der Waals surface area contributed by atoms with Crippen LogP contribution in [0.1, 0.15) is 19.3 Å². The summed E-state index contributed by atoms with van der Waals surface area (Å²) >= 11 is 0. The Hall–Kier alpha value is -2.69. The quantitative estimate of drug-likeness (QED) is 0.842. The number of hydrogen-bond acceptors (Lipinski definition) is 4. The van der Waals surface area contributed by atoms with Gasteiger partial charge in [-0.15, -0.1) is 0 Å². The summed E-state index contributed by atoms with van der Waals surface area (Å²) in [4.78, 5) is 14.6. The SMILES string of the molecule is COc1cccc(NC(=O)CNc2ccccc2N2CCCCC2)c1. The molecule has 0 bridgehead atoms. The first-order valence-corrected chi connectivity index (χ1v) is 8.78. The summed E-state index contributed by atoms with van der Waals surface area (Å²) in [5, 5.41) is 6.17. The highest BCUT2D eigenvalue weighted by Gasteiger charge is 2.14. The molecule has 5 nitrogen and oxygen atoms in total. The van der Waals surface area contributed by atoms with E-state index in [-0.39, 0.29) is 12.5 Å². The van der Waals surface area contributed by atoms with Crippen molar-refractivity contribution in [3.8, 4) is 5.75 Å². The number of methoxy groups -OCH3 is 1. The number of hydrogen-bond donors (Lipinski definition) is 2. The van der Waals surface area contributed by atoms with Crippen molar-refractivity contribution in [1.82, 2.24) is 0 Å². The zero-order valence-corrected chi connectivity index (χ0v) is 14.6. The second-order valence-electron chi connectivity index (χ2n) is 6.20. The molecule has 1 aliphatic heterocycles. The third kappa shape index (κ3) is 4.66.